The van der Waals surface area contributed by atoms with Gasteiger partial charge in [0, 0.05) is 0 Å². The van der Waals surface area contributed by atoms with Crippen molar-refractivity contribution < 1.29 is 19.1 Å². The molecule has 100 valence electrons. The zero-order valence-electron chi connectivity index (χ0n) is 11.9. The van der Waals surface area contributed by atoms with E-state index in [1.807, 2.05) is 6.92 Å². The summed E-state index contributed by atoms with van der Waals surface area (Å²) in [5, 5.41) is 0. The fourth-order valence-corrected chi connectivity index (χ4v) is 0.897. The fourth-order valence-electron chi connectivity index (χ4n) is 0.897. The van der Waals surface area contributed by atoms with Crippen LogP contribution < -0.4 is 0 Å². The minimum atomic E-state index is -0.868. The van der Waals surface area contributed by atoms with E-state index >= 15 is 0 Å². The summed E-state index contributed by atoms with van der Waals surface area (Å²) in [6, 6.07) is 0. The molecule has 0 spiro atoms. The minimum Gasteiger partial charge on any atom is -0.457 e. The molecular weight excluding hydrogens is 220 g/mol. The van der Waals surface area contributed by atoms with Gasteiger partial charge in [0.05, 0.1) is 5.41 Å². The van der Waals surface area contributed by atoms with Crippen LogP contribution in [0.2, 0.25) is 0 Å². The van der Waals surface area contributed by atoms with Gasteiger partial charge in [0.15, 0.2) is 6.10 Å². The van der Waals surface area contributed by atoms with E-state index in [0.29, 0.717) is 6.42 Å². The molecule has 0 aromatic heterocycles. The first kappa shape index (κ1) is 15.9. The smallest absolute Gasteiger partial charge is 0.347 e. The van der Waals surface area contributed by atoms with Gasteiger partial charge in [-0.1, -0.05) is 6.92 Å². The van der Waals surface area contributed by atoms with Gasteiger partial charge in [-0.2, -0.15) is 0 Å². The van der Waals surface area contributed by atoms with E-state index in [1.54, 1.807) is 34.6 Å². The molecule has 0 N–H and O–H groups in total. The van der Waals surface area contributed by atoms with Crippen LogP contribution in [0.15, 0.2) is 0 Å². The second-order valence-electron chi connectivity index (χ2n) is 5.82. The Balaban J connectivity index is 4.41. The van der Waals surface area contributed by atoms with Crippen LogP contribution in [-0.4, -0.2) is 23.6 Å². The maximum absolute atomic E-state index is 11.7. The van der Waals surface area contributed by atoms with Gasteiger partial charge in [-0.15, -0.1) is 0 Å². The lowest BCUT2D eigenvalue weighted by Crippen LogP contribution is -2.36. The van der Waals surface area contributed by atoms with Crippen molar-refractivity contribution in [1.29, 1.82) is 0 Å². The third kappa shape index (κ3) is 5.71. The van der Waals surface area contributed by atoms with Gasteiger partial charge < -0.3 is 9.47 Å². The van der Waals surface area contributed by atoms with E-state index in [1.165, 1.54) is 6.92 Å². The molecule has 0 aromatic carbocycles. The fraction of sp³-hybridized carbons (Fsp3) is 0.846. The second kappa shape index (κ2) is 5.52. The van der Waals surface area contributed by atoms with E-state index < -0.39 is 23.1 Å². The van der Waals surface area contributed by atoms with E-state index in [4.69, 9.17) is 9.47 Å². The summed E-state index contributed by atoms with van der Waals surface area (Å²) < 4.78 is 10.2. The van der Waals surface area contributed by atoms with Gasteiger partial charge in [0.1, 0.15) is 5.60 Å². The summed E-state index contributed by atoms with van der Waals surface area (Å²) >= 11 is 0. The van der Waals surface area contributed by atoms with Crippen molar-refractivity contribution in [1.82, 2.24) is 0 Å². The Morgan fingerprint density at radius 1 is 1.12 bits per heavy atom. The molecule has 0 bridgehead atoms. The molecule has 0 aliphatic rings. The number of carbonyl (C=O) groups is 2. The van der Waals surface area contributed by atoms with Crippen molar-refractivity contribution in [2.75, 3.05) is 0 Å². The number of rotatable bonds is 4. The summed E-state index contributed by atoms with van der Waals surface area (Å²) in [5.41, 5.74) is -1.14. The van der Waals surface area contributed by atoms with Gasteiger partial charge in [0.2, 0.25) is 0 Å². The SMILES string of the molecule is CCC(C)(C)C(=O)OC(C)C(=O)OC(C)(C)C. The van der Waals surface area contributed by atoms with Gasteiger partial charge in [-0.3, -0.25) is 4.79 Å². The topological polar surface area (TPSA) is 52.6 Å². The zero-order chi connectivity index (χ0) is 13.9. The lowest BCUT2D eigenvalue weighted by atomic mass is 9.90. The number of hydrogen-bond acceptors (Lipinski definition) is 4. The van der Waals surface area contributed by atoms with Crippen LogP contribution in [0.3, 0.4) is 0 Å². The molecule has 4 nitrogen and oxygen atoms in total. The van der Waals surface area contributed by atoms with E-state index in [-0.39, 0.29) is 5.97 Å². The molecular formula is C13H24O4. The largest absolute Gasteiger partial charge is 0.457 e. The Kier molecular flexibility index (Phi) is 5.17. The predicted molar refractivity (Wildman–Crippen MR) is 65.5 cm³/mol. The van der Waals surface area contributed by atoms with Crippen molar-refractivity contribution in [2.45, 2.75) is 66.6 Å². The Morgan fingerprint density at radius 3 is 1.94 bits per heavy atom. The van der Waals surface area contributed by atoms with Crippen molar-refractivity contribution in [3.8, 4) is 0 Å². The van der Waals surface area contributed by atoms with Crippen molar-refractivity contribution in [3.63, 3.8) is 0 Å². The number of ether oxygens (including phenoxy) is 2. The van der Waals surface area contributed by atoms with E-state index in [2.05, 4.69) is 0 Å². The first-order valence-electron chi connectivity index (χ1n) is 5.93. The summed E-state index contributed by atoms with van der Waals surface area (Å²) in [6.45, 7) is 12.3. The number of esters is 2. The van der Waals surface area contributed by atoms with Gasteiger partial charge in [0.25, 0.3) is 0 Å². The highest BCUT2D eigenvalue weighted by Gasteiger charge is 2.31. The molecule has 17 heavy (non-hydrogen) atoms. The molecule has 0 saturated heterocycles. The van der Waals surface area contributed by atoms with Crippen LogP contribution in [0, 0.1) is 5.41 Å². The van der Waals surface area contributed by atoms with Gasteiger partial charge >= 0.3 is 11.9 Å². The first-order valence-corrected chi connectivity index (χ1v) is 5.93. The maximum Gasteiger partial charge on any atom is 0.347 e. The number of hydrogen-bond donors (Lipinski definition) is 0. The first-order chi connectivity index (χ1) is 7.49. The van der Waals surface area contributed by atoms with Gasteiger partial charge in [-0.05, 0) is 48.0 Å². The van der Waals surface area contributed by atoms with Crippen LogP contribution in [0.5, 0.6) is 0 Å². The number of carbonyl (C=O) groups excluding carboxylic acids is 2. The van der Waals surface area contributed by atoms with Crippen LogP contribution in [-0.2, 0) is 19.1 Å². The Labute approximate surface area is 104 Å². The molecule has 0 amide bonds. The summed E-state index contributed by atoms with van der Waals surface area (Å²) in [5.74, 6) is -0.892. The van der Waals surface area contributed by atoms with Crippen LogP contribution in [0.4, 0.5) is 0 Å². The molecule has 1 unspecified atom stereocenters. The van der Waals surface area contributed by atoms with E-state index in [9.17, 15) is 9.59 Å². The summed E-state index contributed by atoms with van der Waals surface area (Å²) in [6.07, 6.45) is -0.208. The predicted octanol–water partition coefficient (Wildman–Crippen LogP) is 2.70. The Hall–Kier alpha value is -1.06. The molecule has 0 aliphatic carbocycles. The lowest BCUT2D eigenvalue weighted by molar-refractivity contribution is -0.178. The third-order valence-electron chi connectivity index (χ3n) is 2.46. The molecule has 0 saturated carbocycles. The monoisotopic (exact) mass is 244 g/mol. The average Bonchev–Trinajstić information content (AvgIpc) is 2.14. The van der Waals surface area contributed by atoms with Crippen LogP contribution >= 0.6 is 0 Å². The molecule has 0 rings (SSSR count). The summed E-state index contributed by atoms with van der Waals surface area (Å²) in [7, 11) is 0. The van der Waals surface area contributed by atoms with Crippen molar-refractivity contribution in [3.05, 3.63) is 0 Å². The normalized spacial score (nSPS) is 14.1. The van der Waals surface area contributed by atoms with Gasteiger partial charge in [-0.25, -0.2) is 4.79 Å². The average molecular weight is 244 g/mol. The van der Waals surface area contributed by atoms with Crippen molar-refractivity contribution in [2.24, 2.45) is 5.41 Å². The van der Waals surface area contributed by atoms with Crippen molar-refractivity contribution >= 4 is 11.9 Å². The quantitative estimate of drug-likeness (QED) is 0.713. The molecule has 0 aromatic rings. The maximum atomic E-state index is 11.7. The van der Waals surface area contributed by atoms with Crippen LogP contribution in [0.1, 0.15) is 54.9 Å². The minimum absolute atomic E-state index is 0.377. The molecule has 1 atom stereocenters. The summed E-state index contributed by atoms with van der Waals surface area (Å²) in [4.78, 5) is 23.4. The second-order valence-corrected chi connectivity index (χ2v) is 5.82. The lowest BCUT2D eigenvalue weighted by Gasteiger charge is -2.25. The zero-order valence-corrected chi connectivity index (χ0v) is 11.9. The highest BCUT2D eigenvalue weighted by atomic mass is 16.6. The molecule has 0 fully saturated rings. The standard InChI is InChI=1S/C13H24O4/c1-8-13(6,7)11(15)16-9(2)10(14)17-12(3,4)5/h9H,8H2,1-7H3. The molecule has 0 aliphatic heterocycles. The van der Waals surface area contributed by atoms with E-state index in [0.717, 1.165) is 0 Å². The Bertz CT molecular complexity index is 286. The third-order valence-corrected chi connectivity index (χ3v) is 2.46. The highest BCUT2D eigenvalue weighted by Crippen LogP contribution is 2.22. The molecule has 4 heteroatoms. The molecule has 0 heterocycles. The van der Waals surface area contributed by atoms with Crippen LogP contribution in [0.25, 0.3) is 0 Å². The molecule has 0 radical (unpaired) electrons. The Morgan fingerprint density at radius 2 is 1.59 bits per heavy atom. The highest BCUT2D eigenvalue weighted by molar-refractivity contribution is 5.81.